The number of rotatable bonds is 3. The molecule has 2 heterocycles. The van der Waals surface area contributed by atoms with Gasteiger partial charge in [-0.2, -0.15) is 0 Å². The van der Waals surface area contributed by atoms with Crippen LogP contribution in [0.3, 0.4) is 0 Å². The molecule has 0 atom stereocenters. The molecular weight excluding hydrogens is 436 g/mol. The smallest absolute Gasteiger partial charge is 0.145 e. The highest BCUT2D eigenvalue weighted by atomic mass is 15.0. The van der Waals surface area contributed by atoms with Gasteiger partial charge in [0.2, 0.25) is 0 Å². The van der Waals surface area contributed by atoms with Gasteiger partial charge in [0.15, 0.2) is 0 Å². The van der Waals surface area contributed by atoms with Gasteiger partial charge in [-0.05, 0) is 46.7 Å². The predicted octanol–water partition coefficient (Wildman–Crippen LogP) is 8.95. The second kappa shape index (κ2) is 8.21. The number of pyridine rings is 1. The first-order chi connectivity index (χ1) is 17.8. The SMILES string of the molecule is Cc1ccc2c(c1)c1ccccc1c1ncc(-c3c(-c4ccccc4)cccc3-c3ccccc3)n21. The summed E-state index contributed by atoms with van der Waals surface area (Å²) in [5.41, 5.74) is 10.5. The van der Waals surface area contributed by atoms with E-state index in [4.69, 9.17) is 4.98 Å². The molecule has 0 N–H and O–H groups in total. The molecule has 2 aromatic heterocycles. The Labute approximate surface area is 210 Å². The highest BCUT2D eigenvalue weighted by Crippen LogP contribution is 2.42. The molecular formula is C34H24N2. The van der Waals surface area contributed by atoms with E-state index in [0.717, 1.165) is 11.3 Å². The van der Waals surface area contributed by atoms with E-state index in [-0.39, 0.29) is 0 Å². The molecule has 0 aliphatic rings. The van der Waals surface area contributed by atoms with Crippen molar-refractivity contribution in [2.75, 3.05) is 0 Å². The number of imidazole rings is 1. The second-order valence-corrected chi connectivity index (χ2v) is 9.33. The van der Waals surface area contributed by atoms with Crippen molar-refractivity contribution in [3.8, 4) is 33.5 Å². The molecule has 7 rings (SSSR count). The summed E-state index contributed by atoms with van der Waals surface area (Å²) < 4.78 is 2.35. The Bertz CT molecular complexity index is 1820. The van der Waals surface area contributed by atoms with Gasteiger partial charge in [0.05, 0.1) is 17.4 Å². The van der Waals surface area contributed by atoms with Gasteiger partial charge in [-0.1, -0.05) is 115 Å². The van der Waals surface area contributed by atoms with E-state index in [1.54, 1.807) is 0 Å². The summed E-state index contributed by atoms with van der Waals surface area (Å²) in [5, 5.41) is 3.65. The standard InChI is InChI=1S/C34H24N2/c1-23-19-20-31-30(21-23)28-15-8-9-16-29(28)34-35-22-32(36(31)34)33-26(24-11-4-2-5-12-24)17-10-18-27(33)25-13-6-3-7-14-25/h2-22H,1H3. The summed E-state index contributed by atoms with van der Waals surface area (Å²) >= 11 is 0. The van der Waals surface area contributed by atoms with E-state index >= 15 is 0 Å². The van der Waals surface area contributed by atoms with Gasteiger partial charge in [-0.3, -0.25) is 4.40 Å². The van der Waals surface area contributed by atoms with Crippen LogP contribution in [-0.2, 0) is 0 Å². The minimum Gasteiger partial charge on any atom is -0.292 e. The van der Waals surface area contributed by atoms with Crippen molar-refractivity contribution in [2.24, 2.45) is 0 Å². The van der Waals surface area contributed by atoms with Crippen molar-refractivity contribution in [3.63, 3.8) is 0 Å². The van der Waals surface area contributed by atoms with Crippen molar-refractivity contribution < 1.29 is 0 Å². The molecule has 0 radical (unpaired) electrons. The maximum absolute atomic E-state index is 5.03. The minimum atomic E-state index is 0.985. The molecule has 0 bridgehead atoms. The van der Waals surface area contributed by atoms with Gasteiger partial charge in [0.1, 0.15) is 5.65 Å². The Morgan fingerprint density at radius 1 is 0.556 bits per heavy atom. The van der Waals surface area contributed by atoms with Crippen LogP contribution in [0.15, 0.2) is 128 Å². The number of aromatic nitrogens is 2. The van der Waals surface area contributed by atoms with E-state index in [1.807, 2.05) is 0 Å². The first kappa shape index (κ1) is 20.7. The lowest BCUT2D eigenvalue weighted by molar-refractivity contribution is 1.27. The average Bonchev–Trinajstić information content (AvgIpc) is 3.39. The van der Waals surface area contributed by atoms with Gasteiger partial charge in [0.25, 0.3) is 0 Å². The van der Waals surface area contributed by atoms with Crippen LogP contribution >= 0.6 is 0 Å². The highest BCUT2D eigenvalue weighted by molar-refractivity contribution is 6.13. The summed E-state index contributed by atoms with van der Waals surface area (Å²) in [6.45, 7) is 2.16. The third kappa shape index (κ3) is 3.15. The fourth-order valence-electron chi connectivity index (χ4n) is 5.48. The first-order valence-electron chi connectivity index (χ1n) is 12.3. The number of fused-ring (bicyclic) bond motifs is 6. The summed E-state index contributed by atoms with van der Waals surface area (Å²) in [4.78, 5) is 5.03. The molecule has 36 heavy (non-hydrogen) atoms. The van der Waals surface area contributed by atoms with E-state index < -0.39 is 0 Å². The Morgan fingerprint density at radius 2 is 1.17 bits per heavy atom. The third-order valence-corrected chi connectivity index (χ3v) is 7.10. The van der Waals surface area contributed by atoms with E-state index in [0.29, 0.717) is 0 Å². The van der Waals surface area contributed by atoms with Crippen LogP contribution in [-0.4, -0.2) is 9.38 Å². The molecule has 0 aliphatic carbocycles. The van der Waals surface area contributed by atoms with Crippen molar-refractivity contribution in [1.29, 1.82) is 0 Å². The average molecular weight is 461 g/mol. The molecule has 0 spiro atoms. The highest BCUT2D eigenvalue weighted by Gasteiger charge is 2.20. The lowest BCUT2D eigenvalue weighted by Gasteiger charge is -2.17. The topological polar surface area (TPSA) is 17.3 Å². The maximum atomic E-state index is 5.03. The van der Waals surface area contributed by atoms with Crippen molar-refractivity contribution in [1.82, 2.24) is 9.38 Å². The van der Waals surface area contributed by atoms with Crippen LogP contribution in [0.4, 0.5) is 0 Å². The van der Waals surface area contributed by atoms with E-state index in [9.17, 15) is 0 Å². The Kier molecular flexibility index (Phi) is 4.71. The lowest BCUT2D eigenvalue weighted by atomic mass is 9.90. The molecule has 2 heteroatoms. The fraction of sp³-hybridized carbons (Fsp3) is 0.0294. The molecule has 170 valence electrons. The normalized spacial score (nSPS) is 11.5. The summed E-state index contributed by atoms with van der Waals surface area (Å²) in [6.07, 6.45) is 2.05. The van der Waals surface area contributed by atoms with Crippen molar-refractivity contribution >= 4 is 27.3 Å². The molecule has 0 saturated heterocycles. The number of nitrogens with zero attached hydrogens (tertiary/aromatic N) is 2. The zero-order valence-corrected chi connectivity index (χ0v) is 20.0. The number of hydrogen-bond donors (Lipinski definition) is 0. The predicted molar refractivity (Wildman–Crippen MR) is 151 cm³/mol. The largest absolute Gasteiger partial charge is 0.292 e. The van der Waals surface area contributed by atoms with Crippen LogP contribution in [0.25, 0.3) is 60.8 Å². The van der Waals surface area contributed by atoms with Gasteiger partial charge in [-0.15, -0.1) is 0 Å². The summed E-state index contributed by atoms with van der Waals surface area (Å²) in [6, 6.07) is 43.3. The number of benzene rings is 5. The van der Waals surface area contributed by atoms with Crippen LogP contribution in [0, 0.1) is 6.92 Å². The maximum Gasteiger partial charge on any atom is 0.145 e. The second-order valence-electron chi connectivity index (χ2n) is 9.33. The van der Waals surface area contributed by atoms with Gasteiger partial charge < -0.3 is 0 Å². The zero-order valence-electron chi connectivity index (χ0n) is 20.0. The molecule has 0 aliphatic heterocycles. The summed E-state index contributed by atoms with van der Waals surface area (Å²) in [5.74, 6) is 0. The first-order valence-corrected chi connectivity index (χ1v) is 12.3. The van der Waals surface area contributed by atoms with Gasteiger partial charge >= 0.3 is 0 Å². The third-order valence-electron chi connectivity index (χ3n) is 7.10. The molecule has 0 amide bonds. The Morgan fingerprint density at radius 3 is 1.83 bits per heavy atom. The molecule has 5 aromatic carbocycles. The van der Waals surface area contributed by atoms with Crippen molar-refractivity contribution in [3.05, 3.63) is 133 Å². The monoisotopic (exact) mass is 460 g/mol. The molecule has 0 fully saturated rings. The van der Waals surface area contributed by atoms with E-state index in [1.165, 1.54) is 55.1 Å². The van der Waals surface area contributed by atoms with E-state index in [2.05, 4.69) is 139 Å². The molecule has 0 saturated carbocycles. The quantitative estimate of drug-likeness (QED) is 0.241. The Hall–Kier alpha value is -4.69. The molecule has 7 aromatic rings. The van der Waals surface area contributed by atoms with Crippen molar-refractivity contribution in [2.45, 2.75) is 6.92 Å². The molecule has 2 nitrogen and oxygen atoms in total. The van der Waals surface area contributed by atoms with Crippen LogP contribution in [0.2, 0.25) is 0 Å². The Balaban J connectivity index is 1.67. The zero-order chi connectivity index (χ0) is 24.1. The summed E-state index contributed by atoms with van der Waals surface area (Å²) in [7, 11) is 0. The van der Waals surface area contributed by atoms with Crippen LogP contribution in [0.1, 0.15) is 5.56 Å². The van der Waals surface area contributed by atoms with Crippen LogP contribution < -0.4 is 0 Å². The number of hydrogen-bond acceptors (Lipinski definition) is 1. The number of aryl methyl sites for hydroxylation is 1. The fourth-order valence-corrected chi connectivity index (χ4v) is 5.48. The molecule has 0 unspecified atom stereocenters. The van der Waals surface area contributed by atoms with Gasteiger partial charge in [0, 0.05) is 16.3 Å². The minimum absolute atomic E-state index is 0.985. The van der Waals surface area contributed by atoms with Crippen LogP contribution in [0.5, 0.6) is 0 Å². The van der Waals surface area contributed by atoms with Gasteiger partial charge in [-0.25, -0.2) is 4.98 Å². The lowest BCUT2D eigenvalue weighted by Crippen LogP contribution is -1.97.